The van der Waals surface area contributed by atoms with E-state index in [2.05, 4.69) is 32.6 Å². The van der Waals surface area contributed by atoms with Crippen LogP contribution < -0.4 is 0 Å². The number of hydrogen-bond acceptors (Lipinski definition) is 2. The number of hydrogen-bond donors (Lipinski definition) is 0. The summed E-state index contributed by atoms with van der Waals surface area (Å²) in [5.41, 5.74) is 0.240. The average Bonchev–Trinajstić information content (AvgIpc) is 2.43. The number of piperidine rings is 1. The Morgan fingerprint density at radius 3 is 2.20 bits per heavy atom. The Morgan fingerprint density at radius 2 is 1.80 bits per heavy atom. The molecule has 2 aliphatic rings. The SMILES string of the molecule is CC1CC2(CCN(C(C)C)CC2)OC1C. The Morgan fingerprint density at radius 1 is 1.20 bits per heavy atom. The van der Waals surface area contributed by atoms with Gasteiger partial charge in [-0.1, -0.05) is 6.92 Å². The number of likely N-dealkylation sites (tertiary alicyclic amines) is 1. The maximum absolute atomic E-state index is 6.20. The zero-order valence-corrected chi connectivity index (χ0v) is 10.6. The van der Waals surface area contributed by atoms with Crippen molar-refractivity contribution in [2.75, 3.05) is 13.1 Å². The fraction of sp³-hybridized carbons (Fsp3) is 1.00. The first-order valence-electron chi connectivity index (χ1n) is 6.44. The molecule has 0 N–H and O–H groups in total. The average molecular weight is 211 g/mol. The lowest BCUT2D eigenvalue weighted by Crippen LogP contribution is -2.46. The van der Waals surface area contributed by atoms with Crippen molar-refractivity contribution >= 4 is 0 Å². The highest BCUT2D eigenvalue weighted by Crippen LogP contribution is 2.41. The Kier molecular flexibility index (Phi) is 3.09. The molecule has 2 fully saturated rings. The molecule has 2 heterocycles. The van der Waals surface area contributed by atoms with Gasteiger partial charge in [-0.25, -0.2) is 0 Å². The van der Waals surface area contributed by atoms with Crippen molar-refractivity contribution in [2.24, 2.45) is 5.92 Å². The van der Waals surface area contributed by atoms with Crippen LogP contribution in [0.5, 0.6) is 0 Å². The van der Waals surface area contributed by atoms with Gasteiger partial charge in [-0.3, -0.25) is 0 Å². The molecule has 2 saturated heterocycles. The van der Waals surface area contributed by atoms with Crippen molar-refractivity contribution in [3.05, 3.63) is 0 Å². The lowest BCUT2D eigenvalue weighted by molar-refractivity contribution is -0.0765. The second-order valence-corrected chi connectivity index (χ2v) is 5.82. The molecule has 0 aromatic carbocycles. The van der Waals surface area contributed by atoms with Crippen molar-refractivity contribution < 1.29 is 4.74 Å². The molecule has 0 aromatic rings. The summed E-state index contributed by atoms with van der Waals surface area (Å²) in [6.07, 6.45) is 4.22. The number of nitrogens with zero attached hydrogens (tertiary/aromatic N) is 1. The molecular formula is C13H25NO. The molecule has 2 nitrogen and oxygen atoms in total. The minimum Gasteiger partial charge on any atom is -0.372 e. The first-order chi connectivity index (χ1) is 7.02. The van der Waals surface area contributed by atoms with Crippen molar-refractivity contribution in [1.29, 1.82) is 0 Å². The largest absolute Gasteiger partial charge is 0.372 e. The molecule has 0 saturated carbocycles. The zero-order valence-electron chi connectivity index (χ0n) is 10.6. The van der Waals surface area contributed by atoms with E-state index in [1.165, 1.54) is 32.4 Å². The summed E-state index contributed by atoms with van der Waals surface area (Å²) >= 11 is 0. The van der Waals surface area contributed by atoms with Gasteiger partial charge in [-0.15, -0.1) is 0 Å². The second kappa shape index (κ2) is 4.06. The number of rotatable bonds is 1. The molecule has 0 aliphatic carbocycles. The Labute approximate surface area is 94.0 Å². The third kappa shape index (κ3) is 2.21. The molecule has 2 rings (SSSR count). The summed E-state index contributed by atoms with van der Waals surface area (Å²) in [7, 11) is 0. The molecule has 88 valence electrons. The third-order valence-electron chi connectivity index (χ3n) is 4.37. The first-order valence-corrected chi connectivity index (χ1v) is 6.44. The molecule has 2 aliphatic heterocycles. The highest BCUT2D eigenvalue weighted by molar-refractivity contribution is 4.95. The maximum atomic E-state index is 6.20. The van der Waals surface area contributed by atoms with Gasteiger partial charge >= 0.3 is 0 Å². The van der Waals surface area contributed by atoms with Crippen LogP contribution in [0.15, 0.2) is 0 Å². The van der Waals surface area contributed by atoms with E-state index in [0.717, 1.165) is 5.92 Å². The van der Waals surface area contributed by atoms with E-state index in [-0.39, 0.29) is 5.60 Å². The number of ether oxygens (including phenoxy) is 1. The normalized spacial score (nSPS) is 36.6. The van der Waals surface area contributed by atoms with Gasteiger partial charge in [-0.2, -0.15) is 0 Å². The van der Waals surface area contributed by atoms with Crippen molar-refractivity contribution in [3.8, 4) is 0 Å². The molecule has 0 radical (unpaired) electrons. The van der Waals surface area contributed by atoms with Crippen LogP contribution >= 0.6 is 0 Å². The first kappa shape index (κ1) is 11.4. The summed E-state index contributed by atoms with van der Waals surface area (Å²) in [4.78, 5) is 2.57. The van der Waals surface area contributed by atoms with Crippen LogP contribution in [-0.4, -0.2) is 35.7 Å². The highest BCUT2D eigenvalue weighted by Gasteiger charge is 2.44. The second-order valence-electron chi connectivity index (χ2n) is 5.82. The molecule has 1 spiro atoms. The quantitative estimate of drug-likeness (QED) is 0.661. The minimum atomic E-state index is 0.240. The van der Waals surface area contributed by atoms with Gasteiger partial charge in [0.1, 0.15) is 0 Å². The molecule has 15 heavy (non-hydrogen) atoms. The summed E-state index contributed by atoms with van der Waals surface area (Å²) in [5, 5.41) is 0. The maximum Gasteiger partial charge on any atom is 0.0714 e. The van der Waals surface area contributed by atoms with Gasteiger partial charge in [-0.05, 0) is 46.0 Å². The van der Waals surface area contributed by atoms with Gasteiger partial charge in [0.2, 0.25) is 0 Å². The predicted molar refractivity (Wildman–Crippen MR) is 63.0 cm³/mol. The van der Waals surface area contributed by atoms with E-state index in [1.807, 2.05) is 0 Å². The van der Waals surface area contributed by atoms with Gasteiger partial charge in [0.25, 0.3) is 0 Å². The highest BCUT2D eigenvalue weighted by atomic mass is 16.5. The minimum absolute atomic E-state index is 0.240. The van der Waals surface area contributed by atoms with Gasteiger partial charge < -0.3 is 9.64 Å². The molecule has 2 unspecified atom stereocenters. The topological polar surface area (TPSA) is 12.5 Å². The summed E-state index contributed by atoms with van der Waals surface area (Å²) < 4.78 is 6.20. The van der Waals surface area contributed by atoms with Gasteiger partial charge in [0.05, 0.1) is 11.7 Å². The van der Waals surface area contributed by atoms with Gasteiger partial charge in [0, 0.05) is 19.1 Å². The summed E-state index contributed by atoms with van der Waals surface area (Å²) in [6, 6.07) is 0.693. The fourth-order valence-corrected chi connectivity index (χ4v) is 3.08. The van der Waals surface area contributed by atoms with E-state index in [1.54, 1.807) is 0 Å². The van der Waals surface area contributed by atoms with Crippen molar-refractivity contribution in [3.63, 3.8) is 0 Å². The van der Waals surface area contributed by atoms with E-state index in [9.17, 15) is 0 Å². The third-order valence-corrected chi connectivity index (χ3v) is 4.37. The molecule has 2 heteroatoms. The lowest BCUT2D eigenvalue weighted by Gasteiger charge is -2.40. The Balaban J connectivity index is 1.93. The molecular weight excluding hydrogens is 186 g/mol. The van der Waals surface area contributed by atoms with Crippen LogP contribution in [0, 0.1) is 5.92 Å². The summed E-state index contributed by atoms with van der Waals surface area (Å²) in [6.45, 7) is 11.6. The molecule has 0 aromatic heterocycles. The van der Waals surface area contributed by atoms with Crippen molar-refractivity contribution in [1.82, 2.24) is 4.90 Å². The standard InChI is InChI=1S/C13H25NO/c1-10(2)14-7-5-13(6-8-14)9-11(3)12(4)15-13/h10-12H,5-9H2,1-4H3. The van der Waals surface area contributed by atoms with E-state index in [4.69, 9.17) is 4.74 Å². The summed E-state index contributed by atoms with van der Waals surface area (Å²) in [5.74, 6) is 0.746. The molecule has 0 amide bonds. The van der Waals surface area contributed by atoms with Gasteiger partial charge in [0.15, 0.2) is 0 Å². The van der Waals surface area contributed by atoms with Crippen LogP contribution in [0.4, 0.5) is 0 Å². The van der Waals surface area contributed by atoms with Crippen LogP contribution in [-0.2, 0) is 4.74 Å². The zero-order chi connectivity index (χ0) is 11.1. The van der Waals surface area contributed by atoms with E-state index >= 15 is 0 Å². The van der Waals surface area contributed by atoms with Crippen LogP contribution in [0.2, 0.25) is 0 Å². The fourth-order valence-electron chi connectivity index (χ4n) is 3.08. The smallest absolute Gasteiger partial charge is 0.0714 e. The lowest BCUT2D eigenvalue weighted by atomic mass is 9.85. The Bertz CT molecular complexity index is 207. The van der Waals surface area contributed by atoms with E-state index in [0.29, 0.717) is 12.1 Å². The molecule has 0 bridgehead atoms. The van der Waals surface area contributed by atoms with Crippen LogP contribution in [0.25, 0.3) is 0 Å². The van der Waals surface area contributed by atoms with E-state index < -0.39 is 0 Å². The van der Waals surface area contributed by atoms with Crippen molar-refractivity contribution in [2.45, 2.75) is 64.7 Å². The monoisotopic (exact) mass is 211 g/mol. The molecule has 2 atom stereocenters. The predicted octanol–water partition coefficient (Wildman–Crippen LogP) is 2.67. The Hall–Kier alpha value is -0.0800. The van der Waals surface area contributed by atoms with Crippen LogP contribution in [0.3, 0.4) is 0 Å². The van der Waals surface area contributed by atoms with Crippen LogP contribution in [0.1, 0.15) is 47.0 Å².